The van der Waals surface area contributed by atoms with Crippen molar-refractivity contribution in [2.24, 2.45) is 5.92 Å². The average molecular weight is 465 g/mol. The van der Waals surface area contributed by atoms with Gasteiger partial charge in [0.25, 0.3) is 5.91 Å². The number of carbonyl (C=O) groups is 2. The maximum Gasteiger partial charge on any atom is 0.417 e. The molecule has 8 nitrogen and oxygen atoms in total. The first-order valence-corrected chi connectivity index (χ1v) is 10.6. The molecule has 3 rings (SSSR count). The van der Waals surface area contributed by atoms with Crippen LogP contribution in [0.2, 0.25) is 0 Å². The molecule has 0 spiro atoms. The number of nitrogens with zero attached hydrogens (tertiary/aromatic N) is 4. The number of ether oxygens (including phenoxy) is 1. The van der Waals surface area contributed by atoms with Gasteiger partial charge in [-0.2, -0.15) is 13.2 Å². The number of hydrogen-bond acceptors (Lipinski definition) is 6. The van der Waals surface area contributed by atoms with E-state index in [4.69, 9.17) is 4.74 Å². The molecule has 33 heavy (non-hydrogen) atoms. The first-order chi connectivity index (χ1) is 15.6. The Morgan fingerprint density at radius 1 is 1.09 bits per heavy atom. The van der Waals surface area contributed by atoms with Crippen molar-refractivity contribution in [2.75, 3.05) is 37.6 Å². The molecule has 1 aromatic carbocycles. The fourth-order valence-corrected chi connectivity index (χ4v) is 3.33. The zero-order valence-corrected chi connectivity index (χ0v) is 18.4. The summed E-state index contributed by atoms with van der Waals surface area (Å²) in [5.74, 6) is 0.377. The van der Waals surface area contributed by atoms with E-state index < -0.39 is 23.7 Å². The van der Waals surface area contributed by atoms with Crippen LogP contribution in [0.1, 0.15) is 36.2 Å². The third-order valence-electron chi connectivity index (χ3n) is 5.13. The summed E-state index contributed by atoms with van der Waals surface area (Å²) in [6.07, 6.45) is -1.60. The summed E-state index contributed by atoms with van der Waals surface area (Å²) < 4.78 is 44.8. The topological polar surface area (TPSA) is 87.7 Å². The Morgan fingerprint density at radius 2 is 1.73 bits per heavy atom. The maximum absolute atomic E-state index is 13.2. The molecular weight excluding hydrogens is 439 g/mol. The van der Waals surface area contributed by atoms with Crippen molar-refractivity contribution in [3.63, 3.8) is 0 Å². The second-order valence-electron chi connectivity index (χ2n) is 8.04. The van der Waals surface area contributed by atoms with Crippen molar-refractivity contribution >= 4 is 17.9 Å². The minimum atomic E-state index is -4.60. The highest BCUT2D eigenvalue weighted by molar-refractivity contribution is 5.96. The van der Waals surface area contributed by atoms with Crippen LogP contribution in [0.4, 0.5) is 23.9 Å². The van der Waals surface area contributed by atoms with Crippen LogP contribution in [0, 0.1) is 5.92 Å². The summed E-state index contributed by atoms with van der Waals surface area (Å²) in [5.41, 5.74) is -1.30. The van der Waals surface area contributed by atoms with Crippen LogP contribution in [-0.4, -0.2) is 59.6 Å². The molecule has 1 N–H and O–H groups in total. The summed E-state index contributed by atoms with van der Waals surface area (Å²) in [5, 5.41) is 2.65. The monoisotopic (exact) mass is 465 g/mol. The molecule has 11 heteroatoms. The van der Waals surface area contributed by atoms with Gasteiger partial charge in [-0.3, -0.25) is 4.79 Å². The molecule has 2 amide bonds. The van der Waals surface area contributed by atoms with Crippen LogP contribution in [0.25, 0.3) is 0 Å². The number of rotatable bonds is 6. The van der Waals surface area contributed by atoms with Gasteiger partial charge >= 0.3 is 12.3 Å². The number of aromatic nitrogens is 2. The molecule has 0 saturated carbocycles. The number of hydrogen-bond donors (Lipinski definition) is 1. The van der Waals surface area contributed by atoms with E-state index in [-0.39, 0.29) is 24.4 Å². The third-order valence-corrected chi connectivity index (χ3v) is 5.13. The van der Waals surface area contributed by atoms with E-state index in [0.29, 0.717) is 31.5 Å². The summed E-state index contributed by atoms with van der Waals surface area (Å²) in [6, 6.07) is 4.78. The van der Waals surface area contributed by atoms with Gasteiger partial charge in [0, 0.05) is 32.7 Å². The second-order valence-corrected chi connectivity index (χ2v) is 8.04. The van der Waals surface area contributed by atoms with Crippen LogP contribution < -0.4 is 15.0 Å². The number of benzene rings is 1. The number of halogens is 3. The number of amides is 2. The van der Waals surface area contributed by atoms with Gasteiger partial charge in [-0.25, -0.2) is 14.8 Å². The molecule has 0 atom stereocenters. The summed E-state index contributed by atoms with van der Waals surface area (Å²) in [4.78, 5) is 36.1. The molecular formula is C22H26F3N5O3. The normalized spacial score (nSPS) is 14.4. The van der Waals surface area contributed by atoms with Gasteiger partial charge in [-0.1, -0.05) is 26.0 Å². The molecule has 2 aromatic rings. The molecule has 1 saturated heterocycles. The van der Waals surface area contributed by atoms with E-state index in [1.54, 1.807) is 0 Å². The van der Waals surface area contributed by atoms with Crippen LogP contribution in [-0.2, 0) is 6.18 Å². The predicted molar refractivity (Wildman–Crippen MR) is 115 cm³/mol. The third kappa shape index (κ3) is 6.56. The second kappa shape index (κ2) is 10.5. The fraction of sp³-hybridized carbons (Fsp3) is 0.455. The molecule has 1 aromatic heterocycles. The van der Waals surface area contributed by atoms with Crippen LogP contribution in [0.15, 0.2) is 36.7 Å². The van der Waals surface area contributed by atoms with Gasteiger partial charge in [0.1, 0.15) is 0 Å². The van der Waals surface area contributed by atoms with Crippen molar-refractivity contribution in [3.8, 4) is 5.75 Å². The smallest absolute Gasteiger partial charge is 0.407 e. The van der Waals surface area contributed by atoms with Crippen molar-refractivity contribution in [2.45, 2.75) is 26.4 Å². The van der Waals surface area contributed by atoms with E-state index >= 15 is 0 Å². The van der Waals surface area contributed by atoms with E-state index in [1.807, 2.05) is 4.90 Å². The van der Waals surface area contributed by atoms with Gasteiger partial charge in [0.2, 0.25) is 5.95 Å². The highest BCUT2D eigenvalue weighted by Gasteiger charge is 2.36. The minimum Gasteiger partial charge on any atom is -0.407 e. The Balaban J connectivity index is 1.54. The Hall–Kier alpha value is -3.37. The summed E-state index contributed by atoms with van der Waals surface area (Å²) in [7, 11) is 0. The lowest BCUT2D eigenvalue weighted by Crippen LogP contribution is -2.49. The number of carbonyl (C=O) groups excluding carboxylic acids is 2. The fourth-order valence-electron chi connectivity index (χ4n) is 3.33. The standard InChI is InChI=1S/C22H26F3N5O3/c1-15(2)7-8-26-21(32)33-16-13-27-20(28-14-16)30-11-9-29(10-12-30)19(31)17-5-3-4-6-18(17)22(23,24)25/h3-6,13-15H,7-12H2,1-2H3,(H,26,32). The van der Waals surface area contributed by atoms with E-state index in [1.165, 1.54) is 35.5 Å². The van der Waals surface area contributed by atoms with Gasteiger partial charge in [0.15, 0.2) is 5.75 Å². The number of nitrogens with one attached hydrogen (secondary N) is 1. The van der Waals surface area contributed by atoms with Gasteiger partial charge < -0.3 is 19.9 Å². The molecule has 178 valence electrons. The quantitative estimate of drug-likeness (QED) is 0.702. The lowest BCUT2D eigenvalue weighted by Gasteiger charge is -2.35. The largest absolute Gasteiger partial charge is 0.417 e. The first kappa shape index (κ1) is 24.3. The Labute approximate surface area is 189 Å². The van der Waals surface area contributed by atoms with Crippen LogP contribution in [0.3, 0.4) is 0 Å². The summed E-state index contributed by atoms with van der Waals surface area (Å²) in [6.45, 7) is 5.78. The van der Waals surface area contributed by atoms with Gasteiger partial charge in [-0.15, -0.1) is 0 Å². The number of anilines is 1. The van der Waals surface area contributed by atoms with Gasteiger partial charge in [0.05, 0.1) is 23.5 Å². The van der Waals surface area contributed by atoms with E-state index in [0.717, 1.165) is 12.5 Å². The van der Waals surface area contributed by atoms with Crippen molar-refractivity contribution in [1.29, 1.82) is 0 Å². The Kier molecular flexibility index (Phi) is 7.72. The first-order valence-electron chi connectivity index (χ1n) is 10.6. The van der Waals surface area contributed by atoms with Crippen LogP contribution in [0.5, 0.6) is 5.75 Å². The zero-order chi connectivity index (χ0) is 24.0. The summed E-state index contributed by atoms with van der Waals surface area (Å²) >= 11 is 0. The highest BCUT2D eigenvalue weighted by Crippen LogP contribution is 2.32. The number of alkyl halides is 3. The Morgan fingerprint density at radius 3 is 2.33 bits per heavy atom. The van der Waals surface area contributed by atoms with Gasteiger partial charge in [-0.05, 0) is 24.5 Å². The minimum absolute atomic E-state index is 0.193. The van der Waals surface area contributed by atoms with Crippen molar-refractivity contribution < 1.29 is 27.5 Å². The van der Waals surface area contributed by atoms with Crippen molar-refractivity contribution in [3.05, 3.63) is 47.8 Å². The lowest BCUT2D eigenvalue weighted by atomic mass is 10.1. The zero-order valence-electron chi connectivity index (χ0n) is 18.4. The molecule has 0 bridgehead atoms. The molecule has 0 unspecified atom stereocenters. The van der Waals surface area contributed by atoms with E-state index in [2.05, 4.69) is 29.1 Å². The molecule has 2 heterocycles. The molecule has 0 radical (unpaired) electrons. The average Bonchev–Trinajstić information content (AvgIpc) is 2.78. The maximum atomic E-state index is 13.2. The van der Waals surface area contributed by atoms with E-state index in [9.17, 15) is 22.8 Å². The molecule has 1 aliphatic rings. The Bertz CT molecular complexity index is 958. The predicted octanol–water partition coefficient (Wildman–Crippen LogP) is 3.59. The number of piperazine rings is 1. The van der Waals surface area contributed by atoms with Crippen LogP contribution >= 0.6 is 0 Å². The SMILES string of the molecule is CC(C)CCNC(=O)Oc1cnc(N2CCN(C(=O)c3ccccc3C(F)(F)F)CC2)nc1. The molecule has 1 aliphatic heterocycles. The lowest BCUT2D eigenvalue weighted by molar-refractivity contribution is -0.138. The van der Waals surface area contributed by atoms with Crippen molar-refractivity contribution in [1.82, 2.24) is 20.2 Å². The highest BCUT2D eigenvalue weighted by atomic mass is 19.4. The molecule has 0 aliphatic carbocycles. The molecule has 1 fully saturated rings.